The third kappa shape index (κ3) is 7.31. The van der Waals surface area contributed by atoms with Gasteiger partial charge in [-0.3, -0.25) is 9.10 Å². The minimum atomic E-state index is -4.67. The van der Waals surface area contributed by atoms with E-state index in [-0.39, 0.29) is 12.3 Å². The number of ether oxygens (including phenoxy) is 1. The number of sulfonamides is 1. The Morgan fingerprint density at radius 2 is 1.94 bits per heavy atom. The average molecular weight is 454 g/mol. The molecule has 1 amide bonds. The lowest BCUT2D eigenvalue weighted by molar-refractivity contribution is -0.137. The fraction of sp³-hybridized carbons (Fsp3) is 0.211. The normalized spacial score (nSPS) is 11.7. The predicted octanol–water partition coefficient (Wildman–Crippen LogP) is 2.52. The second-order valence-corrected chi connectivity index (χ2v) is 8.03. The van der Waals surface area contributed by atoms with Crippen LogP contribution in [-0.4, -0.2) is 39.9 Å². The molecular formula is C19H17F3N4O4S. The fourth-order valence-corrected chi connectivity index (χ4v) is 3.20. The molecule has 0 aliphatic rings. The SMILES string of the molecule is CS(=O)(=O)N(CC(=O)N/N=C/c1ccc(OCC#N)cc1)c1cccc(C(F)(F)F)c1. The lowest BCUT2D eigenvalue weighted by atomic mass is 10.2. The number of rotatable bonds is 8. The highest BCUT2D eigenvalue weighted by molar-refractivity contribution is 7.92. The molecule has 0 atom stereocenters. The Morgan fingerprint density at radius 3 is 2.52 bits per heavy atom. The van der Waals surface area contributed by atoms with E-state index in [2.05, 4.69) is 10.5 Å². The number of halogens is 3. The van der Waals surface area contributed by atoms with Crippen LogP contribution < -0.4 is 14.5 Å². The third-order valence-corrected chi connectivity index (χ3v) is 4.88. The molecule has 31 heavy (non-hydrogen) atoms. The van der Waals surface area contributed by atoms with Gasteiger partial charge >= 0.3 is 6.18 Å². The highest BCUT2D eigenvalue weighted by atomic mass is 32.2. The Hall–Kier alpha value is -3.59. The molecule has 8 nitrogen and oxygen atoms in total. The lowest BCUT2D eigenvalue weighted by Gasteiger charge is -2.22. The van der Waals surface area contributed by atoms with Gasteiger partial charge in [0.1, 0.15) is 18.4 Å². The molecule has 1 N–H and O–H groups in total. The van der Waals surface area contributed by atoms with Gasteiger partial charge in [0.05, 0.1) is 23.7 Å². The number of carbonyl (C=O) groups excluding carboxylic acids is 1. The van der Waals surface area contributed by atoms with Gasteiger partial charge in [0.2, 0.25) is 10.0 Å². The van der Waals surface area contributed by atoms with Crippen molar-refractivity contribution in [2.24, 2.45) is 5.10 Å². The molecule has 2 rings (SSSR count). The van der Waals surface area contributed by atoms with Crippen LogP contribution in [0.3, 0.4) is 0 Å². The van der Waals surface area contributed by atoms with Crippen molar-refractivity contribution >= 4 is 27.8 Å². The first-order valence-electron chi connectivity index (χ1n) is 8.57. The average Bonchev–Trinajstić information content (AvgIpc) is 2.70. The number of carbonyl (C=O) groups is 1. The van der Waals surface area contributed by atoms with Crippen molar-refractivity contribution in [1.82, 2.24) is 5.43 Å². The number of nitrogens with one attached hydrogen (secondary N) is 1. The molecule has 0 saturated heterocycles. The summed E-state index contributed by atoms with van der Waals surface area (Å²) in [4.78, 5) is 12.1. The zero-order chi connectivity index (χ0) is 23.1. The molecule has 0 radical (unpaired) electrons. The minimum absolute atomic E-state index is 0.105. The van der Waals surface area contributed by atoms with Crippen molar-refractivity contribution in [3.05, 3.63) is 59.7 Å². The zero-order valence-corrected chi connectivity index (χ0v) is 16.9. The molecule has 0 bridgehead atoms. The van der Waals surface area contributed by atoms with Crippen molar-refractivity contribution in [3.8, 4) is 11.8 Å². The summed E-state index contributed by atoms with van der Waals surface area (Å²) >= 11 is 0. The van der Waals surface area contributed by atoms with Gasteiger partial charge in [-0.15, -0.1) is 0 Å². The summed E-state index contributed by atoms with van der Waals surface area (Å²) in [5.41, 5.74) is 1.35. The van der Waals surface area contributed by atoms with Gasteiger partial charge in [-0.25, -0.2) is 13.8 Å². The Kier molecular flexibility index (Phi) is 7.60. The third-order valence-electron chi connectivity index (χ3n) is 3.74. The van der Waals surface area contributed by atoms with Gasteiger partial charge < -0.3 is 4.74 Å². The van der Waals surface area contributed by atoms with Crippen LogP contribution in [0.1, 0.15) is 11.1 Å². The molecule has 0 spiro atoms. The summed E-state index contributed by atoms with van der Waals surface area (Å²) in [5, 5.41) is 12.2. The van der Waals surface area contributed by atoms with Crippen molar-refractivity contribution in [2.75, 3.05) is 23.7 Å². The molecule has 164 valence electrons. The van der Waals surface area contributed by atoms with E-state index in [4.69, 9.17) is 10.00 Å². The van der Waals surface area contributed by atoms with Crippen LogP contribution in [0.2, 0.25) is 0 Å². The lowest BCUT2D eigenvalue weighted by Crippen LogP contribution is -2.39. The highest BCUT2D eigenvalue weighted by Crippen LogP contribution is 2.32. The second-order valence-electron chi connectivity index (χ2n) is 6.13. The van der Waals surface area contributed by atoms with Crippen LogP contribution in [-0.2, 0) is 21.0 Å². The van der Waals surface area contributed by atoms with E-state index >= 15 is 0 Å². The molecule has 0 aliphatic carbocycles. The van der Waals surface area contributed by atoms with Crippen LogP contribution in [0, 0.1) is 11.3 Å². The number of nitriles is 1. The van der Waals surface area contributed by atoms with Crippen molar-refractivity contribution in [2.45, 2.75) is 6.18 Å². The molecule has 12 heteroatoms. The van der Waals surface area contributed by atoms with E-state index in [0.29, 0.717) is 21.7 Å². The van der Waals surface area contributed by atoms with Gasteiger partial charge in [-0.05, 0) is 48.0 Å². The quantitative estimate of drug-likeness (QED) is 0.487. The number of hydrogen-bond donors (Lipinski definition) is 1. The molecule has 2 aromatic carbocycles. The van der Waals surface area contributed by atoms with Crippen LogP contribution in [0.5, 0.6) is 5.75 Å². The molecular weight excluding hydrogens is 437 g/mol. The molecule has 0 aromatic heterocycles. The number of alkyl halides is 3. The first-order valence-corrected chi connectivity index (χ1v) is 10.4. The van der Waals surface area contributed by atoms with Crippen molar-refractivity contribution in [1.29, 1.82) is 5.26 Å². The second kappa shape index (κ2) is 9.94. The molecule has 0 aliphatic heterocycles. The molecule has 0 fully saturated rings. The highest BCUT2D eigenvalue weighted by Gasteiger charge is 2.31. The van der Waals surface area contributed by atoms with Gasteiger partial charge in [0.15, 0.2) is 6.61 Å². The van der Waals surface area contributed by atoms with E-state index in [9.17, 15) is 26.4 Å². The zero-order valence-electron chi connectivity index (χ0n) is 16.1. The molecule has 0 unspecified atom stereocenters. The number of benzene rings is 2. The summed E-state index contributed by atoms with van der Waals surface area (Å²) in [5.74, 6) is -0.388. The Balaban J connectivity index is 2.07. The van der Waals surface area contributed by atoms with Gasteiger partial charge in [-0.1, -0.05) is 6.07 Å². The summed E-state index contributed by atoms with van der Waals surface area (Å²) in [7, 11) is -4.05. The maximum absolute atomic E-state index is 12.9. The van der Waals surface area contributed by atoms with E-state index in [0.717, 1.165) is 24.5 Å². The first-order chi connectivity index (χ1) is 14.5. The fourth-order valence-electron chi connectivity index (χ4n) is 2.35. The van der Waals surface area contributed by atoms with E-state index < -0.39 is 34.2 Å². The maximum Gasteiger partial charge on any atom is 0.416 e. The number of hydrogen-bond acceptors (Lipinski definition) is 6. The number of hydrazone groups is 1. The minimum Gasteiger partial charge on any atom is -0.479 e. The van der Waals surface area contributed by atoms with Crippen molar-refractivity contribution in [3.63, 3.8) is 0 Å². The van der Waals surface area contributed by atoms with Gasteiger partial charge in [0, 0.05) is 0 Å². The summed E-state index contributed by atoms with van der Waals surface area (Å²) in [6.07, 6.45) is -2.61. The van der Waals surface area contributed by atoms with E-state index in [1.807, 2.05) is 6.07 Å². The monoisotopic (exact) mass is 454 g/mol. The number of nitrogens with zero attached hydrogens (tertiary/aromatic N) is 3. The van der Waals surface area contributed by atoms with Crippen LogP contribution in [0.25, 0.3) is 0 Å². The Bertz CT molecular complexity index is 1090. The summed E-state index contributed by atoms with van der Waals surface area (Å²) in [6.45, 7) is -0.870. The molecule has 0 heterocycles. The Labute approximate surface area is 176 Å². The molecule has 2 aromatic rings. The van der Waals surface area contributed by atoms with Gasteiger partial charge in [-0.2, -0.15) is 23.5 Å². The largest absolute Gasteiger partial charge is 0.479 e. The van der Waals surface area contributed by atoms with E-state index in [1.165, 1.54) is 6.21 Å². The van der Waals surface area contributed by atoms with Crippen LogP contribution in [0.15, 0.2) is 53.6 Å². The van der Waals surface area contributed by atoms with Gasteiger partial charge in [0.25, 0.3) is 5.91 Å². The van der Waals surface area contributed by atoms with Crippen molar-refractivity contribution < 1.29 is 31.1 Å². The summed E-state index contributed by atoms with van der Waals surface area (Å²) < 4.78 is 68.4. The predicted molar refractivity (Wildman–Crippen MR) is 107 cm³/mol. The standard InChI is InChI=1S/C19H17F3N4O4S/c1-31(28,29)26(16-4-2-3-15(11-16)19(20,21)22)13-18(27)25-24-12-14-5-7-17(8-6-14)30-10-9-23/h2-8,11-12H,10,13H2,1H3,(H,25,27)/b24-12+. The topological polar surface area (TPSA) is 112 Å². The smallest absolute Gasteiger partial charge is 0.416 e. The first kappa shape index (κ1) is 23.7. The number of anilines is 1. The van der Waals surface area contributed by atoms with Crippen LogP contribution >= 0.6 is 0 Å². The number of amides is 1. The van der Waals surface area contributed by atoms with Crippen LogP contribution in [0.4, 0.5) is 18.9 Å². The van der Waals surface area contributed by atoms with E-state index in [1.54, 1.807) is 24.3 Å². The summed E-state index contributed by atoms with van der Waals surface area (Å²) in [6, 6.07) is 11.9. The molecule has 0 saturated carbocycles. The maximum atomic E-state index is 12.9. The Morgan fingerprint density at radius 1 is 1.26 bits per heavy atom.